The zero-order chi connectivity index (χ0) is 13.2. The first-order valence-electron chi connectivity index (χ1n) is 7.16. The van der Waals surface area contributed by atoms with Crippen molar-refractivity contribution in [3.05, 3.63) is 58.7 Å². The molecule has 2 aromatic rings. The van der Waals surface area contributed by atoms with Gasteiger partial charge in [0.2, 0.25) is 0 Å². The molecule has 0 saturated carbocycles. The molecule has 0 atom stereocenters. The molecule has 1 nitrogen and oxygen atoms in total. The van der Waals surface area contributed by atoms with E-state index >= 15 is 0 Å². The summed E-state index contributed by atoms with van der Waals surface area (Å²) in [6, 6.07) is 12.7. The average Bonchev–Trinajstić information content (AvgIpc) is 2.45. The largest absolute Gasteiger partial charge is 0.457 e. The van der Waals surface area contributed by atoms with Crippen LogP contribution in [0, 0.1) is 6.92 Å². The lowest BCUT2D eigenvalue weighted by molar-refractivity contribution is 0.459. The molecule has 2 aromatic carbocycles. The lowest BCUT2D eigenvalue weighted by Crippen LogP contribution is -2.06. The van der Waals surface area contributed by atoms with Gasteiger partial charge in [0.15, 0.2) is 0 Å². The molecule has 1 heterocycles. The van der Waals surface area contributed by atoms with Gasteiger partial charge >= 0.3 is 0 Å². The Balaban J connectivity index is 1.97. The molecule has 0 aromatic heterocycles. The highest BCUT2D eigenvalue weighted by Gasteiger charge is 2.19. The number of rotatable bonds is 3. The van der Waals surface area contributed by atoms with E-state index in [1.54, 1.807) is 0 Å². The topological polar surface area (TPSA) is 9.23 Å². The van der Waals surface area contributed by atoms with E-state index in [2.05, 4.69) is 44.2 Å². The van der Waals surface area contributed by atoms with Gasteiger partial charge in [-0.3, -0.25) is 0 Å². The van der Waals surface area contributed by atoms with E-state index in [1.807, 2.05) is 6.07 Å². The molecule has 0 fully saturated rings. The minimum Gasteiger partial charge on any atom is -0.457 e. The second kappa shape index (κ2) is 5.08. The van der Waals surface area contributed by atoms with E-state index in [0.29, 0.717) is 0 Å². The standard InChI is InChI=1S/C18H20O/c1-3-4-7-14-10-11-18-16(13(14)2)12-15-8-5-6-9-17(15)19-18/h5-6,8-11H,3-4,7,12H2,1-2H3. The second-order valence-corrected chi connectivity index (χ2v) is 5.32. The van der Waals surface area contributed by atoms with Gasteiger partial charge < -0.3 is 4.74 Å². The molecular weight excluding hydrogens is 232 g/mol. The molecule has 0 radical (unpaired) electrons. The Bertz CT molecular complexity index is 599. The van der Waals surface area contributed by atoms with E-state index in [-0.39, 0.29) is 0 Å². The molecule has 98 valence electrons. The maximum atomic E-state index is 6.02. The number of hydrogen-bond donors (Lipinski definition) is 0. The van der Waals surface area contributed by atoms with E-state index in [1.165, 1.54) is 41.5 Å². The van der Waals surface area contributed by atoms with E-state index < -0.39 is 0 Å². The molecule has 0 amide bonds. The third-order valence-electron chi connectivity index (χ3n) is 4.03. The van der Waals surface area contributed by atoms with Gasteiger partial charge in [-0.15, -0.1) is 0 Å². The van der Waals surface area contributed by atoms with Crippen LogP contribution in [-0.4, -0.2) is 0 Å². The Kier molecular flexibility index (Phi) is 3.29. The third-order valence-corrected chi connectivity index (χ3v) is 4.03. The molecule has 0 unspecified atom stereocenters. The first-order chi connectivity index (χ1) is 9.29. The smallest absolute Gasteiger partial charge is 0.131 e. The van der Waals surface area contributed by atoms with Crippen LogP contribution >= 0.6 is 0 Å². The SMILES string of the molecule is CCCCc1ccc2c(c1C)Cc1ccccc1O2. The predicted molar refractivity (Wildman–Crippen MR) is 79.1 cm³/mol. The second-order valence-electron chi connectivity index (χ2n) is 5.32. The van der Waals surface area contributed by atoms with Crippen LogP contribution in [-0.2, 0) is 12.8 Å². The Morgan fingerprint density at radius 3 is 2.74 bits per heavy atom. The summed E-state index contributed by atoms with van der Waals surface area (Å²) >= 11 is 0. The molecule has 0 bridgehead atoms. The van der Waals surface area contributed by atoms with E-state index in [0.717, 1.165) is 17.9 Å². The fourth-order valence-electron chi connectivity index (χ4n) is 2.79. The van der Waals surface area contributed by atoms with Crippen molar-refractivity contribution in [2.45, 2.75) is 39.5 Å². The van der Waals surface area contributed by atoms with Gasteiger partial charge in [-0.25, -0.2) is 0 Å². The van der Waals surface area contributed by atoms with Crippen LogP contribution < -0.4 is 4.74 Å². The normalized spacial score (nSPS) is 12.5. The quantitative estimate of drug-likeness (QED) is 0.635. The van der Waals surface area contributed by atoms with Crippen LogP contribution in [0.25, 0.3) is 0 Å². The van der Waals surface area contributed by atoms with Crippen LogP contribution in [0.15, 0.2) is 36.4 Å². The number of unbranched alkanes of at least 4 members (excludes halogenated alkanes) is 1. The molecule has 19 heavy (non-hydrogen) atoms. The molecule has 1 aliphatic heterocycles. The number of fused-ring (bicyclic) bond motifs is 2. The number of para-hydroxylation sites is 1. The zero-order valence-corrected chi connectivity index (χ0v) is 11.7. The van der Waals surface area contributed by atoms with Crippen molar-refractivity contribution in [1.29, 1.82) is 0 Å². The fraction of sp³-hybridized carbons (Fsp3) is 0.333. The van der Waals surface area contributed by atoms with Crippen LogP contribution in [0.5, 0.6) is 11.5 Å². The van der Waals surface area contributed by atoms with Gasteiger partial charge in [-0.05, 0) is 48.6 Å². The lowest BCUT2D eigenvalue weighted by Gasteiger charge is -2.23. The highest BCUT2D eigenvalue weighted by Crippen LogP contribution is 2.38. The van der Waals surface area contributed by atoms with Gasteiger partial charge in [-0.2, -0.15) is 0 Å². The highest BCUT2D eigenvalue weighted by molar-refractivity contribution is 5.54. The first-order valence-corrected chi connectivity index (χ1v) is 7.16. The lowest BCUT2D eigenvalue weighted by atomic mass is 9.92. The highest BCUT2D eigenvalue weighted by atomic mass is 16.5. The number of hydrogen-bond acceptors (Lipinski definition) is 1. The molecule has 1 aliphatic rings. The van der Waals surface area contributed by atoms with E-state index in [4.69, 9.17) is 4.74 Å². The summed E-state index contributed by atoms with van der Waals surface area (Å²) in [7, 11) is 0. The predicted octanol–water partition coefficient (Wildman–Crippen LogP) is 5.03. The summed E-state index contributed by atoms with van der Waals surface area (Å²) in [5, 5.41) is 0. The van der Waals surface area contributed by atoms with Crippen LogP contribution in [0.4, 0.5) is 0 Å². The monoisotopic (exact) mass is 252 g/mol. The minimum atomic E-state index is 0.997. The Morgan fingerprint density at radius 1 is 1.05 bits per heavy atom. The summed E-state index contributed by atoms with van der Waals surface area (Å²) in [5.41, 5.74) is 5.56. The first kappa shape index (κ1) is 12.3. The molecule has 0 saturated heterocycles. The van der Waals surface area contributed by atoms with Gasteiger partial charge in [0, 0.05) is 12.0 Å². The van der Waals surface area contributed by atoms with Crippen molar-refractivity contribution < 1.29 is 4.74 Å². The summed E-state index contributed by atoms with van der Waals surface area (Å²) in [5.74, 6) is 2.05. The maximum Gasteiger partial charge on any atom is 0.131 e. The molecule has 0 N–H and O–H groups in total. The minimum absolute atomic E-state index is 0.997. The van der Waals surface area contributed by atoms with Gasteiger partial charge in [0.25, 0.3) is 0 Å². The van der Waals surface area contributed by atoms with Crippen LogP contribution in [0.1, 0.15) is 42.0 Å². The Labute approximate surface area is 115 Å². The number of benzene rings is 2. The van der Waals surface area contributed by atoms with Crippen LogP contribution in [0.2, 0.25) is 0 Å². The van der Waals surface area contributed by atoms with Crippen molar-refractivity contribution in [2.24, 2.45) is 0 Å². The van der Waals surface area contributed by atoms with Crippen molar-refractivity contribution in [1.82, 2.24) is 0 Å². The molecule has 3 rings (SSSR count). The van der Waals surface area contributed by atoms with Gasteiger partial charge in [0.1, 0.15) is 11.5 Å². The molecule has 0 spiro atoms. The fourth-order valence-corrected chi connectivity index (χ4v) is 2.79. The zero-order valence-electron chi connectivity index (χ0n) is 11.7. The number of aryl methyl sites for hydroxylation is 1. The summed E-state index contributed by atoms with van der Waals surface area (Å²) in [6.07, 6.45) is 4.68. The summed E-state index contributed by atoms with van der Waals surface area (Å²) in [6.45, 7) is 4.48. The van der Waals surface area contributed by atoms with E-state index in [9.17, 15) is 0 Å². The van der Waals surface area contributed by atoms with Gasteiger partial charge in [-0.1, -0.05) is 37.6 Å². The summed E-state index contributed by atoms with van der Waals surface area (Å²) < 4.78 is 6.02. The van der Waals surface area contributed by atoms with Crippen LogP contribution in [0.3, 0.4) is 0 Å². The van der Waals surface area contributed by atoms with Crippen molar-refractivity contribution >= 4 is 0 Å². The average molecular weight is 252 g/mol. The van der Waals surface area contributed by atoms with Gasteiger partial charge in [0.05, 0.1) is 0 Å². The Morgan fingerprint density at radius 2 is 1.89 bits per heavy atom. The Hall–Kier alpha value is -1.76. The van der Waals surface area contributed by atoms with Crippen molar-refractivity contribution in [2.75, 3.05) is 0 Å². The van der Waals surface area contributed by atoms with Crippen molar-refractivity contribution in [3.8, 4) is 11.5 Å². The van der Waals surface area contributed by atoms with Crippen molar-refractivity contribution in [3.63, 3.8) is 0 Å². The molecule has 1 heteroatoms. The maximum absolute atomic E-state index is 6.02. The third kappa shape index (κ3) is 2.25. The molecule has 0 aliphatic carbocycles. The summed E-state index contributed by atoms with van der Waals surface area (Å²) in [4.78, 5) is 0. The molecular formula is C18H20O. The number of ether oxygens (including phenoxy) is 1.